The number of carbonyl (C=O) groups is 2. The second-order valence-corrected chi connectivity index (χ2v) is 13.7. The molecule has 11 atom stereocenters. The van der Waals surface area contributed by atoms with E-state index in [1.165, 1.54) is 45.4 Å². The third kappa shape index (κ3) is 8.48. The summed E-state index contributed by atoms with van der Waals surface area (Å²) in [5.41, 5.74) is 0. The van der Waals surface area contributed by atoms with E-state index in [9.17, 15) is 14.7 Å². The summed E-state index contributed by atoms with van der Waals surface area (Å²) in [6, 6.07) is 0. The van der Waals surface area contributed by atoms with Crippen LogP contribution in [-0.4, -0.2) is 60.8 Å². The molecule has 0 aromatic heterocycles. The number of esters is 1. The van der Waals surface area contributed by atoms with Gasteiger partial charge in [-0.2, -0.15) is 0 Å². The van der Waals surface area contributed by atoms with E-state index in [2.05, 4.69) is 43.6 Å². The molecule has 0 bridgehead atoms. The van der Waals surface area contributed by atoms with Gasteiger partial charge in [0.05, 0.1) is 37.3 Å². The molecule has 0 amide bonds. The summed E-state index contributed by atoms with van der Waals surface area (Å²) < 4.78 is 11.0. The lowest BCUT2D eigenvalue weighted by Crippen LogP contribution is -2.74. The molecule has 8 nitrogen and oxygen atoms in total. The Labute approximate surface area is 236 Å². The number of Topliss-reactive ketones (excluding diaryl/α,β-unsaturated/α-hetero) is 1. The second kappa shape index (κ2) is 14.2. The van der Waals surface area contributed by atoms with Crippen molar-refractivity contribution in [1.29, 1.82) is 0 Å². The SMILES string of the molecule is CC(=O)CC(=O)OCCOC1CCC(C2NC(C3CCC(C)CC3C)NC(C3CCC(C)CC3C)N2)C(O)C1. The monoisotopic (exact) mass is 549 g/mol. The number of hydrogen-bond donors (Lipinski definition) is 4. The Hall–Kier alpha value is -1.06. The lowest BCUT2D eigenvalue weighted by Gasteiger charge is -2.52. The maximum atomic E-state index is 11.6. The standard InChI is InChI=1S/C31H55N3O5/c1-18-6-9-24(20(3)14-18)29-32-30(25-10-7-19(2)15-21(25)4)34-31(33-29)26-11-8-23(17-27(26)36)38-12-13-39-28(37)16-22(5)35/h18-21,23-27,29-34,36H,6-17H2,1-5H3. The number of hydrogen-bond acceptors (Lipinski definition) is 8. The van der Waals surface area contributed by atoms with E-state index >= 15 is 0 Å². The van der Waals surface area contributed by atoms with Crippen LogP contribution in [0, 0.1) is 41.4 Å². The van der Waals surface area contributed by atoms with E-state index in [1.54, 1.807) is 0 Å². The third-order valence-corrected chi connectivity index (χ3v) is 10.3. The van der Waals surface area contributed by atoms with Crippen molar-refractivity contribution in [1.82, 2.24) is 16.0 Å². The number of ketones is 1. The van der Waals surface area contributed by atoms with Gasteiger partial charge in [-0.25, -0.2) is 0 Å². The molecule has 0 radical (unpaired) electrons. The fourth-order valence-corrected chi connectivity index (χ4v) is 8.13. The van der Waals surface area contributed by atoms with E-state index in [0.717, 1.165) is 24.7 Å². The maximum Gasteiger partial charge on any atom is 0.313 e. The first-order chi connectivity index (χ1) is 18.6. The van der Waals surface area contributed by atoms with Crippen LogP contribution >= 0.6 is 0 Å². The molecule has 11 unspecified atom stereocenters. The molecule has 1 heterocycles. The first-order valence-electron chi connectivity index (χ1n) is 15.8. The van der Waals surface area contributed by atoms with Gasteiger partial charge in [-0.1, -0.05) is 40.5 Å². The van der Waals surface area contributed by atoms with Crippen LogP contribution in [-0.2, 0) is 19.1 Å². The summed E-state index contributed by atoms with van der Waals surface area (Å²) in [4.78, 5) is 22.6. The van der Waals surface area contributed by atoms with Crippen LogP contribution in [0.1, 0.15) is 98.8 Å². The highest BCUT2D eigenvalue weighted by Crippen LogP contribution is 2.40. The van der Waals surface area contributed by atoms with Crippen LogP contribution in [0.5, 0.6) is 0 Å². The van der Waals surface area contributed by atoms with Gasteiger partial charge in [-0.15, -0.1) is 0 Å². The highest BCUT2D eigenvalue weighted by atomic mass is 16.6. The van der Waals surface area contributed by atoms with Crippen LogP contribution in [0.25, 0.3) is 0 Å². The Morgan fingerprint density at radius 1 is 0.718 bits per heavy atom. The van der Waals surface area contributed by atoms with Crippen molar-refractivity contribution in [3.05, 3.63) is 0 Å². The fraction of sp³-hybridized carbons (Fsp3) is 0.935. The lowest BCUT2D eigenvalue weighted by atomic mass is 9.71. The second-order valence-electron chi connectivity index (χ2n) is 13.7. The van der Waals surface area contributed by atoms with Crippen molar-refractivity contribution in [2.24, 2.45) is 41.4 Å². The largest absolute Gasteiger partial charge is 0.463 e. The smallest absolute Gasteiger partial charge is 0.313 e. The fourth-order valence-electron chi connectivity index (χ4n) is 8.13. The number of carbonyl (C=O) groups excluding carboxylic acids is 2. The van der Waals surface area contributed by atoms with Crippen molar-refractivity contribution in [3.8, 4) is 0 Å². The summed E-state index contributed by atoms with van der Waals surface area (Å²) in [5, 5.41) is 23.2. The van der Waals surface area contributed by atoms with Crippen LogP contribution in [0.15, 0.2) is 0 Å². The van der Waals surface area contributed by atoms with Crippen molar-refractivity contribution in [2.75, 3.05) is 13.2 Å². The summed E-state index contributed by atoms with van der Waals surface area (Å²) >= 11 is 0. The zero-order valence-electron chi connectivity index (χ0n) is 25.0. The number of aliphatic hydroxyl groups excluding tert-OH is 1. The summed E-state index contributed by atoms with van der Waals surface area (Å²) in [6.45, 7) is 11.4. The van der Waals surface area contributed by atoms with Crippen LogP contribution < -0.4 is 16.0 Å². The Bertz CT molecular complexity index is 777. The molecular formula is C31H55N3O5. The molecule has 3 aliphatic carbocycles. The number of rotatable bonds is 9. The number of ether oxygens (including phenoxy) is 2. The molecule has 4 fully saturated rings. The maximum absolute atomic E-state index is 11.6. The summed E-state index contributed by atoms with van der Waals surface area (Å²) in [5.74, 6) is 3.60. The van der Waals surface area contributed by atoms with Gasteiger partial charge in [-0.05, 0) is 87.4 Å². The minimum atomic E-state index is -0.509. The molecule has 1 saturated heterocycles. The molecule has 0 spiro atoms. The topological polar surface area (TPSA) is 109 Å². The van der Waals surface area contributed by atoms with Gasteiger partial charge in [0, 0.05) is 5.92 Å². The molecule has 1 aliphatic heterocycles. The predicted octanol–water partition coefficient (Wildman–Crippen LogP) is 3.96. The molecule has 39 heavy (non-hydrogen) atoms. The Kier molecular flexibility index (Phi) is 11.3. The van der Waals surface area contributed by atoms with Gasteiger partial charge in [0.2, 0.25) is 0 Å². The Morgan fingerprint density at radius 3 is 1.72 bits per heavy atom. The van der Waals surface area contributed by atoms with Gasteiger partial charge >= 0.3 is 5.97 Å². The molecule has 224 valence electrons. The van der Waals surface area contributed by atoms with Crippen LogP contribution in [0.4, 0.5) is 0 Å². The molecule has 0 aromatic carbocycles. The average Bonchev–Trinajstić information content (AvgIpc) is 2.86. The van der Waals surface area contributed by atoms with E-state index < -0.39 is 12.1 Å². The predicted molar refractivity (Wildman–Crippen MR) is 151 cm³/mol. The number of aliphatic hydroxyl groups is 1. The van der Waals surface area contributed by atoms with Gasteiger partial charge in [-0.3, -0.25) is 25.5 Å². The summed E-state index contributed by atoms with van der Waals surface area (Å²) in [7, 11) is 0. The first kappa shape index (κ1) is 30.9. The van der Waals surface area contributed by atoms with E-state index in [4.69, 9.17) is 9.47 Å². The average molecular weight is 550 g/mol. The molecular weight excluding hydrogens is 494 g/mol. The molecule has 8 heteroatoms. The normalized spacial score (nSPS) is 43.5. The van der Waals surface area contributed by atoms with Crippen molar-refractivity contribution >= 4 is 11.8 Å². The van der Waals surface area contributed by atoms with Gasteiger partial charge in [0.1, 0.15) is 18.8 Å². The Balaban J connectivity index is 1.35. The molecule has 4 aliphatic rings. The van der Waals surface area contributed by atoms with Gasteiger partial charge in [0.15, 0.2) is 0 Å². The molecule has 3 saturated carbocycles. The van der Waals surface area contributed by atoms with Crippen molar-refractivity contribution < 1.29 is 24.2 Å². The minimum absolute atomic E-state index is 0.0456. The van der Waals surface area contributed by atoms with Crippen LogP contribution in [0.3, 0.4) is 0 Å². The zero-order valence-corrected chi connectivity index (χ0v) is 25.0. The minimum Gasteiger partial charge on any atom is -0.463 e. The highest BCUT2D eigenvalue weighted by molar-refractivity contribution is 5.94. The Morgan fingerprint density at radius 2 is 1.23 bits per heavy atom. The van der Waals surface area contributed by atoms with E-state index in [0.29, 0.717) is 30.1 Å². The number of nitrogens with one attached hydrogen (secondary N) is 3. The van der Waals surface area contributed by atoms with Crippen LogP contribution in [0.2, 0.25) is 0 Å². The van der Waals surface area contributed by atoms with E-state index in [-0.39, 0.29) is 55.9 Å². The summed E-state index contributed by atoms with van der Waals surface area (Å²) in [6.07, 6.45) is 9.93. The first-order valence-corrected chi connectivity index (χ1v) is 15.8. The molecule has 4 rings (SSSR count). The van der Waals surface area contributed by atoms with Gasteiger partial charge in [0.25, 0.3) is 0 Å². The lowest BCUT2D eigenvalue weighted by molar-refractivity contribution is -0.148. The zero-order chi connectivity index (χ0) is 28.1. The highest BCUT2D eigenvalue weighted by Gasteiger charge is 2.45. The molecule has 0 aromatic rings. The molecule has 4 N–H and O–H groups in total. The van der Waals surface area contributed by atoms with Crippen molar-refractivity contribution in [3.63, 3.8) is 0 Å². The van der Waals surface area contributed by atoms with E-state index in [1.807, 2.05) is 0 Å². The van der Waals surface area contributed by atoms with Crippen molar-refractivity contribution in [2.45, 2.75) is 130 Å². The van der Waals surface area contributed by atoms with Gasteiger partial charge < -0.3 is 14.6 Å². The third-order valence-electron chi connectivity index (χ3n) is 10.3. The quantitative estimate of drug-likeness (QED) is 0.194.